The van der Waals surface area contributed by atoms with Crippen molar-refractivity contribution in [1.29, 1.82) is 0 Å². The lowest BCUT2D eigenvalue weighted by Gasteiger charge is -2.38. The second-order valence-electron chi connectivity index (χ2n) is 5.34. The Kier molecular flexibility index (Phi) is 5.14. The van der Waals surface area contributed by atoms with Gasteiger partial charge in [-0.1, -0.05) is 18.9 Å². The third-order valence-corrected chi connectivity index (χ3v) is 4.14. The van der Waals surface area contributed by atoms with Gasteiger partial charge >= 0.3 is 0 Å². The van der Waals surface area contributed by atoms with Gasteiger partial charge in [-0.25, -0.2) is 0 Å². The quantitative estimate of drug-likeness (QED) is 0.863. The van der Waals surface area contributed by atoms with Gasteiger partial charge in [-0.05, 0) is 45.0 Å². The van der Waals surface area contributed by atoms with Crippen LogP contribution in [0.3, 0.4) is 0 Å². The molecule has 0 amide bonds. The number of pyridine rings is 1. The van der Waals surface area contributed by atoms with Gasteiger partial charge in [0, 0.05) is 31.0 Å². The lowest BCUT2D eigenvalue weighted by molar-refractivity contribution is 0.155. The summed E-state index contributed by atoms with van der Waals surface area (Å²) in [6, 6.07) is 5.54. The molecule has 2 rings (SSSR count). The fourth-order valence-electron chi connectivity index (χ4n) is 2.99. The highest BCUT2D eigenvalue weighted by Gasteiger charge is 2.26. The molecule has 1 aliphatic carbocycles. The zero-order chi connectivity index (χ0) is 12.8. The van der Waals surface area contributed by atoms with Gasteiger partial charge in [-0.3, -0.25) is 4.98 Å². The maximum Gasteiger partial charge on any atom is 0.0300 e. The molecular weight excluding hydrogens is 222 g/mol. The molecule has 0 aliphatic heterocycles. The number of hydrogen-bond acceptors (Lipinski definition) is 3. The van der Waals surface area contributed by atoms with Gasteiger partial charge < -0.3 is 10.2 Å². The van der Waals surface area contributed by atoms with Gasteiger partial charge in [0.2, 0.25) is 0 Å². The molecule has 3 nitrogen and oxygen atoms in total. The van der Waals surface area contributed by atoms with E-state index in [9.17, 15) is 0 Å². The molecule has 0 saturated heterocycles. The lowest BCUT2D eigenvalue weighted by atomic mass is 9.89. The number of rotatable bonds is 5. The Bertz CT molecular complexity index is 339. The third-order valence-electron chi connectivity index (χ3n) is 4.14. The van der Waals surface area contributed by atoms with Crippen LogP contribution in [0.25, 0.3) is 0 Å². The van der Waals surface area contributed by atoms with Crippen molar-refractivity contribution in [2.24, 2.45) is 0 Å². The standard InChI is InChI=1S/C15H25N3/c1-16-14-7-3-4-8-15(14)18(2)11-9-13-6-5-10-17-12-13/h5-6,10,12,14-16H,3-4,7-9,11H2,1-2H3/t14-,15-/m0/s1. The van der Waals surface area contributed by atoms with Crippen LogP contribution in [0.2, 0.25) is 0 Å². The van der Waals surface area contributed by atoms with Crippen LogP contribution in [0.5, 0.6) is 0 Å². The molecule has 1 heterocycles. The maximum absolute atomic E-state index is 4.18. The van der Waals surface area contributed by atoms with Crippen molar-refractivity contribution in [1.82, 2.24) is 15.2 Å². The second kappa shape index (κ2) is 6.86. The van der Waals surface area contributed by atoms with Crippen molar-refractivity contribution in [3.8, 4) is 0 Å². The van der Waals surface area contributed by atoms with E-state index in [4.69, 9.17) is 0 Å². The highest BCUT2D eigenvalue weighted by atomic mass is 15.2. The van der Waals surface area contributed by atoms with Crippen LogP contribution in [-0.2, 0) is 6.42 Å². The normalized spacial score (nSPS) is 24.4. The minimum absolute atomic E-state index is 0.664. The molecule has 1 aromatic heterocycles. The van der Waals surface area contributed by atoms with Crippen molar-refractivity contribution in [2.75, 3.05) is 20.6 Å². The smallest absolute Gasteiger partial charge is 0.0300 e. The fraction of sp³-hybridized carbons (Fsp3) is 0.667. The van der Waals surface area contributed by atoms with Crippen LogP contribution in [0.4, 0.5) is 0 Å². The zero-order valence-electron chi connectivity index (χ0n) is 11.6. The van der Waals surface area contributed by atoms with Crippen LogP contribution >= 0.6 is 0 Å². The average molecular weight is 247 g/mol. The predicted molar refractivity (Wildman–Crippen MR) is 75.7 cm³/mol. The van der Waals surface area contributed by atoms with E-state index in [2.05, 4.69) is 35.4 Å². The van der Waals surface area contributed by atoms with E-state index in [1.54, 1.807) is 0 Å². The first-order valence-corrected chi connectivity index (χ1v) is 7.07. The van der Waals surface area contributed by atoms with E-state index in [0.29, 0.717) is 12.1 Å². The molecule has 1 aliphatic rings. The Hall–Kier alpha value is -0.930. The molecule has 1 aromatic rings. The van der Waals surface area contributed by atoms with Crippen LogP contribution in [0.1, 0.15) is 31.2 Å². The number of nitrogens with one attached hydrogen (secondary N) is 1. The molecule has 100 valence electrons. The van der Waals surface area contributed by atoms with Crippen LogP contribution < -0.4 is 5.32 Å². The summed E-state index contributed by atoms with van der Waals surface area (Å²) in [6.07, 6.45) is 10.3. The van der Waals surface area contributed by atoms with Gasteiger partial charge in [0.15, 0.2) is 0 Å². The fourth-order valence-corrected chi connectivity index (χ4v) is 2.99. The van der Waals surface area contributed by atoms with E-state index < -0.39 is 0 Å². The number of aromatic nitrogens is 1. The molecule has 0 unspecified atom stereocenters. The Morgan fingerprint density at radius 2 is 2.22 bits per heavy atom. The first kappa shape index (κ1) is 13.5. The van der Waals surface area contributed by atoms with Gasteiger partial charge in [0.25, 0.3) is 0 Å². The molecule has 1 saturated carbocycles. The Labute approximate surface area is 111 Å². The summed E-state index contributed by atoms with van der Waals surface area (Å²) in [5, 5.41) is 3.48. The highest BCUT2D eigenvalue weighted by molar-refractivity contribution is 5.08. The summed E-state index contributed by atoms with van der Waals surface area (Å²) in [5.74, 6) is 0. The summed E-state index contributed by atoms with van der Waals surface area (Å²) in [4.78, 5) is 6.70. The first-order chi connectivity index (χ1) is 8.81. The largest absolute Gasteiger partial charge is 0.315 e. The van der Waals surface area contributed by atoms with Crippen LogP contribution in [0.15, 0.2) is 24.5 Å². The van der Waals surface area contributed by atoms with Crippen molar-refractivity contribution in [2.45, 2.75) is 44.2 Å². The zero-order valence-corrected chi connectivity index (χ0v) is 11.6. The summed E-state index contributed by atoms with van der Waals surface area (Å²) in [6.45, 7) is 1.12. The van der Waals surface area contributed by atoms with Crippen molar-refractivity contribution >= 4 is 0 Å². The second-order valence-corrected chi connectivity index (χ2v) is 5.34. The van der Waals surface area contributed by atoms with Gasteiger partial charge in [-0.15, -0.1) is 0 Å². The first-order valence-electron chi connectivity index (χ1n) is 7.07. The van der Waals surface area contributed by atoms with Crippen LogP contribution in [0, 0.1) is 0 Å². The summed E-state index contributed by atoms with van der Waals surface area (Å²) < 4.78 is 0. The van der Waals surface area contributed by atoms with Gasteiger partial charge in [0.1, 0.15) is 0 Å². The average Bonchev–Trinajstić information content (AvgIpc) is 2.45. The minimum atomic E-state index is 0.664. The number of likely N-dealkylation sites (N-methyl/N-ethyl adjacent to an activating group) is 2. The highest BCUT2D eigenvalue weighted by Crippen LogP contribution is 2.22. The summed E-state index contributed by atoms with van der Waals surface area (Å²) in [5.41, 5.74) is 1.33. The van der Waals surface area contributed by atoms with Crippen LogP contribution in [-0.4, -0.2) is 42.6 Å². The van der Waals surface area contributed by atoms with Crippen molar-refractivity contribution in [3.63, 3.8) is 0 Å². The Morgan fingerprint density at radius 3 is 2.94 bits per heavy atom. The van der Waals surface area contributed by atoms with Crippen molar-refractivity contribution in [3.05, 3.63) is 30.1 Å². The number of nitrogens with zero attached hydrogens (tertiary/aromatic N) is 2. The van der Waals surface area contributed by atoms with E-state index in [1.165, 1.54) is 31.2 Å². The molecule has 1 fully saturated rings. The third kappa shape index (κ3) is 3.53. The topological polar surface area (TPSA) is 28.2 Å². The Balaban J connectivity index is 1.85. The summed E-state index contributed by atoms with van der Waals surface area (Å²) >= 11 is 0. The van der Waals surface area contributed by atoms with Crippen molar-refractivity contribution < 1.29 is 0 Å². The monoisotopic (exact) mass is 247 g/mol. The molecule has 0 radical (unpaired) electrons. The Morgan fingerprint density at radius 1 is 1.39 bits per heavy atom. The summed E-state index contributed by atoms with van der Waals surface area (Å²) in [7, 11) is 4.36. The SMILES string of the molecule is CN[C@H]1CCCC[C@@H]1N(C)CCc1cccnc1. The molecule has 2 atom stereocenters. The molecule has 1 N–H and O–H groups in total. The molecular formula is C15H25N3. The molecule has 3 heteroatoms. The molecule has 0 bridgehead atoms. The van der Waals surface area contributed by atoms with E-state index >= 15 is 0 Å². The number of hydrogen-bond donors (Lipinski definition) is 1. The van der Waals surface area contributed by atoms with E-state index in [0.717, 1.165) is 13.0 Å². The molecule has 0 spiro atoms. The lowest BCUT2D eigenvalue weighted by Crippen LogP contribution is -2.49. The van der Waals surface area contributed by atoms with Gasteiger partial charge in [0.05, 0.1) is 0 Å². The maximum atomic E-state index is 4.18. The molecule has 0 aromatic carbocycles. The van der Waals surface area contributed by atoms with Gasteiger partial charge in [-0.2, -0.15) is 0 Å². The molecule has 18 heavy (non-hydrogen) atoms. The van der Waals surface area contributed by atoms with E-state index in [1.807, 2.05) is 18.5 Å². The minimum Gasteiger partial charge on any atom is -0.315 e. The van der Waals surface area contributed by atoms with E-state index in [-0.39, 0.29) is 0 Å². The predicted octanol–water partition coefficient (Wildman–Crippen LogP) is 2.09.